The maximum atomic E-state index is 2.68. The summed E-state index contributed by atoms with van der Waals surface area (Å²) in [6.45, 7) is 15.7. The smallest absolute Gasteiger partial charge is 0.0139 e. The molecule has 0 amide bonds. The van der Waals surface area contributed by atoms with Gasteiger partial charge in [-0.05, 0) is 63.2 Å². The van der Waals surface area contributed by atoms with Crippen molar-refractivity contribution in [2.75, 3.05) is 6.54 Å². The van der Waals surface area contributed by atoms with Gasteiger partial charge in [-0.2, -0.15) is 0 Å². The molecule has 0 bridgehead atoms. The van der Waals surface area contributed by atoms with E-state index in [2.05, 4.69) is 46.4 Å². The van der Waals surface area contributed by atoms with Gasteiger partial charge in [0.05, 0.1) is 0 Å². The van der Waals surface area contributed by atoms with Crippen LogP contribution in [0, 0.1) is 16.7 Å². The summed E-state index contributed by atoms with van der Waals surface area (Å²) >= 11 is 0. The molecule has 2 aliphatic rings. The highest BCUT2D eigenvalue weighted by molar-refractivity contribution is 5.05. The first-order valence-electron chi connectivity index (χ1n) is 7.52. The molecule has 2 rings (SSSR count). The van der Waals surface area contributed by atoms with E-state index in [0.717, 1.165) is 18.0 Å². The molecule has 0 aromatic rings. The topological polar surface area (TPSA) is 3.24 Å². The van der Waals surface area contributed by atoms with Gasteiger partial charge < -0.3 is 0 Å². The monoisotopic (exact) mass is 237 g/mol. The minimum atomic E-state index is 0.520. The predicted octanol–water partition coefficient (Wildman–Crippen LogP) is 4.32. The highest BCUT2D eigenvalue weighted by Gasteiger charge is 2.52. The Bertz CT molecular complexity index is 266. The molecule has 0 unspecified atom stereocenters. The molecule has 0 aromatic heterocycles. The summed E-state index contributed by atoms with van der Waals surface area (Å²) in [6.07, 6.45) is 5.86. The third kappa shape index (κ3) is 2.28. The molecule has 1 saturated heterocycles. The zero-order valence-electron chi connectivity index (χ0n) is 12.7. The molecule has 17 heavy (non-hydrogen) atoms. The summed E-state index contributed by atoms with van der Waals surface area (Å²) in [4.78, 5) is 2.68. The molecule has 1 atom stereocenters. The van der Waals surface area contributed by atoms with E-state index in [1.165, 1.54) is 32.2 Å². The first-order chi connectivity index (χ1) is 7.76. The van der Waals surface area contributed by atoms with Gasteiger partial charge in [0.1, 0.15) is 0 Å². The second kappa shape index (κ2) is 4.26. The highest BCUT2D eigenvalue weighted by Crippen LogP contribution is 2.53. The van der Waals surface area contributed by atoms with E-state index in [1.54, 1.807) is 0 Å². The fourth-order valence-electron chi connectivity index (χ4n) is 4.14. The largest absolute Gasteiger partial charge is 0.297 e. The summed E-state index contributed by atoms with van der Waals surface area (Å²) in [7, 11) is 0. The van der Waals surface area contributed by atoms with E-state index < -0.39 is 0 Å². The molecule has 0 radical (unpaired) electrons. The van der Waals surface area contributed by atoms with Gasteiger partial charge in [-0.3, -0.25) is 4.90 Å². The van der Waals surface area contributed by atoms with Gasteiger partial charge in [0.2, 0.25) is 0 Å². The Kier molecular flexibility index (Phi) is 3.36. The summed E-state index contributed by atoms with van der Waals surface area (Å²) in [5.74, 6) is 0.952. The van der Waals surface area contributed by atoms with Crippen molar-refractivity contribution >= 4 is 0 Å². The minimum absolute atomic E-state index is 0.520. The lowest BCUT2D eigenvalue weighted by Crippen LogP contribution is -2.66. The van der Waals surface area contributed by atoms with E-state index >= 15 is 0 Å². The molecule has 1 spiro atoms. The van der Waals surface area contributed by atoms with Crippen molar-refractivity contribution in [1.82, 2.24) is 4.90 Å². The summed E-state index contributed by atoms with van der Waals surface area (Å²) < 4.78 is 0. The van der Waals surface area contributed by atoms with Crippen molar-refractivity contribution < 1.29 is 0 Å². The molecule has 1 heterocycles. The van der Waals surface area contributed by atoms with Gasteiger partial charge in [0.15, 0.2) is 0 Å². The van der Waals surface area contributed by atoms with Crippen LogP contribution in [0.2, 0.25) is 0 Å². The van der Waals surface area contributed by atoms with Gasteiger partial charge in [0.25, 0.3) is 0 Å². The van der Waals surface area contributed by atoms with Crippen LogP contribution in [-0.2, 0) is 0 Å². The number of hydrogen-bond donors (Lipinski definition) is 0. The molecule has 1 saturated carbocycles. The van der Waals surface area contributed by atoms with E-state index in [9.17, 15) is 0 Å². The summed E-state index contributed by atoms with van der Waals surface area (Å²) in [5, 5.41) is 0. The lowest BCUT2D eigenvalue weighted by atomic mass is 9.58. The SMILES string of the molecule is CC(C)N1CC2(CCC(C(C)(C)C)CC2)[C@@H]1C. The molecule has 1 heteroatoms. The van der Waals surface area contributed by atoms with Crippen LogP contribution in [-0.4, -0.2) is 23.5 Å². The molecule has 1 aliphatic heterocycles. The van der Waals surface area contributed by atoms with Crippen LogP contribution in [0.5, 0.6) is 0 Å². The Morgan fingerprint density at radius 1 is 1.12 bits per heavy atom. The zero-order valence-corrected chi connectivity index (χ0v) is 12.7. The number of nitrogens with zero attached hydrogens (tertiary/aromatic N) is 1. The van der Waals surface area contributed by atoms with Crippen molar-refractivity contribution in [1.29, 1.82) is 0 Å². The fraction of sp³-hybridized carbons (Fsp3) is 1.00. The van der Waals surface area contributed by atoms with Crippen LogP contribution in [0.4, 0.5) is 0 Å². The molecule has 1 aliphatic carbocycles. The number of rotatable bonds is 1. The average molecular weight is 237 g/mol. The van der Waals surface area contributed by atoms with Crippen LogP contribution in [0.3, 0.4) is 0 Å². The normalized spacial score (nSPS) is 39.7. The molecule has 0 N–H and O–H groups in total. The van der Waals surface area contributed by atoms with Crippen LogP contribution in [0.25, 0.3) is 0 Å². The maximum absolute atomic E-state index is 2.68. The first-order valence-corrected chi connectivity index (χ1v) is 7.52. The fourth-order valence-corrected chi connectivity index (χ4v) is 4.14. The Labute approximate surface area is 108 Å². The first kappa shape index (κ1) is 13.4. The lowest BCUT2D eigenvalue weighted by Gasteiger charge is -2.61. The van der Waals surface area contributed by atoms with Crippen molar-refractivity contribution in [3.8, 4) is 0 Å². The zero-order chi connectivity index (χ0) is 12.8. The van der Waals surface area contributed by atoms with Crippen LogP contribution >= 0.6 is 0 Å². The van der Waals surface area contributed by atoms with Crippen LogP contribution in [0.15, 0.2) is 0 Å². The van der Waals surface area contributed by atoms with E-state index in [4.69, 9.17) is 0 Å². The Morgan fingerprint density at radius 2 is 1.65 bits per heavy atom. The molecular formula is C16H31N. The van der Waals surface area contributed by atoms with Gasteiger partial charge >= 0.3 is 0 Å². The Hall–Kier alpha value is -0.0400. The molecule has 1 nitrogen and oxygen atoms in total. The third-order valence-corrected chi connectivity index (χ3v) is 5.75. The van der Waals surface area contributed by atoms with E-state index in [-0.39, 0.29) is 0 Å². The number of hydrogen-bond acceptors (Lipinski definition) is 1. The lowest BCUT2D eigenvalue weighted by molar-refractivity contribution is -0.117. The summed E-state index contributed by atoms with van der Waals surface area (Å²) in [6, 6.07) is 1.55. The van der Waals surface area contributed by atoms with Gasteiger partial charge in [0, 0.05) is 18.6 Å². The molecule has 2 fully saturated rings. The quantitative estimate of drug-likeness (QED) is 0.656. The minimum Gasteiger partial charge on any atom is -0.297 e. The second-order valence-corrected chi connectivity index (χ2v) is 7.94. The van der Waals surface area contributed by atoms with E-state index in [1.807, 2.05) is 0 Å². The van der Waals surface area contributed by atoms with Crippen molar-refractivity contribution in [2.45, 2.75) is 79.3 Å². The van der Waals surface area contributed by atoms with Gasteiger partial charge in [-0.1, -0.05) is 20.8 Å². The Balaban J connectivity index is 1.92. The standard InChI is InChI=1S/C16H31N/c1-12(2)17-11-16(13(17)3)9-7-14(8-10-16)15(4,5)6/h12-14H,7-11H2,1-6H3/t13-,14?,16?/m0/s1. The van der Waals surface area contributed by atoms with Crippen molar-refractivity contribution in [3.63, 3.8) is 0 Å². The van der Waals surface area contributed by atoms with Gasteiger partial charge in [-0.15, -0.1) is 0 Å². The molecule has 100 valence electrons. The molecule has 0 aromatic carbocycles. The van der Waals surface area contributed by atoms with Crippen LogP contribution in [0.1, 0.15) is 67.2 Å². The average Bonchev–Trinajstić information content (AvgIpc) is 2.24. The summed E-state index contributed by atoms with van der Waals surface area (Å²) in [5.41, 5.74) is 1.21. The Morgan fingerprint density at radius 3 is 2.00 bits per heavy atom. The third-order valence-electron chi connectivity index (χ3n) is 5.75. The van der Waals surface area contributed by atoms with Gasteiger partial charge in [-0.25, -0.2) is 0 Å². The highest BCUT2D eigenvalue weighted by atomic mass is 15.3. The van der Waals surface area contributed by atoms with Crippen LogP contribution < -0.4 is 0 Å². The van der Waals surface area contributed by atoms with E-state index in [0.29, 0.717) is 10.8 Å². The predicted molar refractivity (Wildman–Crippen MR) is 75.2 cm³/mol. The maximum Gasteiger partial charge on any atom is 0.0139 e. The molecular weight excluding hydrogens is 206 g/mol. The van der Waals surface area contributed by atoms with Crippen molar-refractivity contribution in [3.05, 3.63) is 0 Å². The van der Waals surface area contributed by atoms with Crippen molar-refractivity contribution in [2.24, 2.45) is 16.7 Å². The number of likely N-dealkylation sites (tertiary alicyclic amines) is 1. The second-order valence-electron chi connectivity index (χ2n) is 7.94.